The van der Waals surface area contributed by atoms with Crippen LogP contribution >= 0.6 is 25.3 Å². The fourth-order valence-electron chi connectivity index (χ4n) is 2.15. The van der Waals surface area contributed by atoms with Gasteiger partial charge in [-0.1, -0.05) is 0 Å². The van der Waals surface area contributed by atoms with Crippen LogP contribution in [0, 0.1) is 0 Å². The monoisotopic (exact) mass is 482 g/mol. The van der Waals surface area contributed by atoms with Gasteiger partial charge in [-0.3, -0.25) is 24.0 Å². The van der Waals surface area contributed by atoms with Crippen LogP contribution < -0.4 is 21.7 Å². The van der Waals surface area contributed by atoms with Crippen molar-refractivity contribution in [2.24, 2.45) is 5.73 Å². The first kappa shape index (κ1) is 28.5. The molecule has 176 valence electrons. The Morgan fingerprint density at radius 2 is 1.06 bits per heavy atom. The number of hydrogen-bond donors (Lipinski definition) is 9. The van der Waals surface area contributed by atoms with E-state index in [-0.39, 0.29) is 30.8 Å². The molecular formula is C16H26N4O9S2. The molecule has 0 aromatic heterocycles. The van der Waals surface area contributed by atoms with E-state index < -0.39 is 66.2 Å². The third-order valence-electron chi connectivity index (χ3n) is 3.90. The zero-order valence-electron chi connectivity index (χ0n) is 16.3. The van der Waals surface area contributed by atoms with Crippen LogP contribution in [0.15, 0.2) is 0 Å². The van der Waals surface area contributed by atoms with Crippen LogP contribution in [-0.2, 0) is 28.8 Å². The molecule has 8 N–H and O–H groups in total. The summed E-state index contributed by atoms with van der Waals surface area (Å²) < 4.78 is 0. The molecule has 0 spiro atoms. The first-order valence-electron chi connectivity index (χ1n) is 8.97. The third-order valence-corrected chi connectivity index (χ3v) is 4.63. The van der Waals surface area contributed by atoms with Crippen molar-refractivity contribution in [3.63, 3.8) is 0 Å². The fourth-order valence-corrected chi connectivity index (χ4v) is 2.66. The second-order valence-electron chi connectivity index (χ2n) is 6.36. The van der Waals surface area contributed by atoms with Crippen molar-refractivity contribution in [2.75, 3.05) is 11.5 Å². The largest absolute Gasteiger partial charge is 0.481 e. The van der Waals surface area contributed by atoms with Crippen LogP contribution in [0.3, 0.4) is 0 Å². The number of rotatable bonds is 15. The minimum Gasteiger partial charge on any atom is -0.481 e. The molecular weight excluding hydrogens is 456 g/mol. The summed E-state index contributed by atoms with van der Waals surface area (Å²) in [6, 6.07) is -5.18. The molecule has 15 heteroatoms. The molecule has 31 heavy (non-hydrogen) atoms. The van der Waals surface area contributed by atoms with Crippen molar-refractivity contribution in [3.05, 3.63) is 0 Å². The molecule has 0 aliphatic rings. The SMILES string of the molecule is N[C@@H](CCC(=O)O)C(=O)N[C@@H](CS)C(=O)N[C@@H](CS)C(=O)N[C@@H](CCC(=O)O)C(=O)O. The van der Waals surface area contributed by atoms with E-state index in [2.05, 4.69) is 41.2 Å². The van der Waals surface area contributed by atoms with E-state index >= 15 is 0 Å². The quantitative estimate of drug-likeness (QED) is 0.111. The Morgan fingerprint density at radius 3 is 1.45 bits per heavy atom. The molecule has 0 aromatic rings. The van der Waals surface area contributed by atoms with Gasteiger partial charge < -0.3 is 37.0 Å². The summed E-state index contributed by atoms with van der Waals surface area (Å²) in [6.45, 7) is 0. The van der Waals surface area contributed by atoms with Gasteiger partial charge in [-0.05, 0) is 12.8 Å². The van der Waals surface area contributed by atoms with E-state index in [1.165, 1.54) is 0 Å². The summed E-state index contributed by atoms with van der Waals surface area (Å²) in [7, 11) is 0. The summed E-state index contributed by atoms with van der Waals surface area (Å²) in [5, 5.41) is 33.1. The van der Waals surface area contributed by atoms with E-state index in [4.69, 9.17) is 21.1 Å². The van der Waals surface area contributed by atoms with Crippen LogP contribution in [0.1, 0.15) is 25.7 Å². The summed E-state index contributed by atoms with van der Waals surface area (Å²) in [5.74, 6) is -6.78. The number of hydrogen-bond acceptors (Lipinski definition) is 9. The number of carboxylic acid groups (broad SMARTS) is 3. The van der Waals surface area contributed by atoms with Crippen molar-refractivity contribution in [1.29, 1.82) is 0 Å². The molecule has 0 rings (SSSR count). The van der Waals surface area contributed by atoms with E-state index in [9.17, 15) is 28.8 Å². The predicted octanol–water partition coefficient (Wildman–Crippen LogP) is -2.56. The van der Waals surface area contributed by atoms with Gasteiger partial charge >= 0.3 is 17.9 Å². The molecule has 0 saturated heterocycles. The molecule has 4 atom stereocenters. The second-order valence-corrected chi connectivity index (χ2v) is 7.09. The topological polar surface area (TPSA) is 225 Å². The smallest absolute Gasteiger partial charge is 0.326 e. The van der Waals surface area contributed by atoms with E-state index in [0.717, 1.165) is 0 Å². The molecule has 0 unspecified atom stereocenters. The van der Waals surface area contributed by atoms with Gasteiger partial charge in [0.15, 0.2) is 0 Å². The Hall–Kier alpha value is -2.52. The zero-order chi connectivity index (χ0) is 24.1. The van der Waals surface area contributed by atoms with Crippen LogP contribution in [0.5, 0.6) is 0 Å². The number of amides is 3. The maximum atomic E-state index is 12.4. The Labute approximate surface area is 188 Å². The van der Waals surface area contributed by atoms with Gasteiger partial charge in [0.25, 0.3) is 0 Å². The molecule has 0 aliphatic carbocycles. The highest BCUT2D eigenvalue weighted by atomic mass is 32.1. The van der Waals surface area contributed by atoms with Gasteiger partial charge in [-0.15, -0.1) is 0 Å². The first-order chi connectivity index (χ1) is 14.4. The van der Waals surface area contributed by atoms with Gasteiger partial charge in [0.05, 0.1) is 6.04 Å². The Morgan fingerprint density at radius 1 is 0.677 bits per heavy atom. The lowest BCUT2D eigenvalue weighted by atomic mass is 10.1. The van der Waals surface area contributed by atoms with E-state index in [1.807, 2.05) is 0 Å². The molecule has 0 heterocycles. The Bertz CT molecular complexity index is 692. The highest BCUT2D eigenvalue weighted by Crippen LogP contribution is 2.02. The molecule has 0 aliphatic heterocycles. The summed E-state index contributed by atoms with van der Waals surface area (Å²) in [6.07, 6.45) is -1.37. The van der Waals surface area contributed by atoms with Crippen molar-refractivity contribution in [2.45, 2.75) is 49.9 Å². The number of carbonyl (C=O) groups excluding carboxylic acids is 3. The lowest BCUT2D eigenvalue weighted by Gasteiger charge is -2.23. The van der Waals surface area contributed by atoms with Crippen LogP contribution in [0.25, 0.3) is 0 Å². The van der Waals surface area contributed by atoms with Crippen molar-refractivity contribution >= 4 is 60.9 Å². The molecule has 13 nitrogen and oxygen atoms in total. The standard InChI is InChI=1S/C16H26N4O9S2/c17-7(1-3-11(21)22)13(25)19-9(5-30)15(27)20-10(6-31)14(26)18-8(16(28)29)2-4-12(23)24/h7-10,30-31H,1-6,17H2,(H,18,26)(H,19,25)(H,20,27)(H,21,22)(H,23,24)(H,28,29)/t7-,8-,9-,10-/m0/s1. The van der Waals surface area contributed by atoms with Gasteiger partial charge in [-0.2, -0.15) is 25.3 Å². The minimum atomic E-state index is -1.49. The maximum Gasteiger partial charge on any atom is 0.326 e. The van der Waals surface area contributed by atoms with E-state index in [0.29, 0.717) is 0 Å². The molecule has 0 bridgehead atoms. The predicted molar refractivity (Wildman–Crippen MR) is 113 cm³/mol. The number of carboxylic acids is 3. The van der Waals surface area contributed by atoms with E-state index in [1.54, 1.807) is 0 Å². The summed E-state index contributed by atoms with van der Waals surface area (Å²) >= 11 is 7.89. The lowest BCUT2D eigenvalue weighted by molar-refractivity contribution is -0.143. The maximum absolute atomic E-state index is 12.4. The highest BCUT2D eigenvalue weighted by molar-refractivity contribution is 7.80. The van der Waals surface area contributed by atoms with Gasteiger partial charge in [0, 0.05) is 24.3 Å². The number of nitrogens with one attached hydrogen (secondary N) is 3. The number of thiol groups is 2. The normalized spacial score (nSPS) is 14.4. The number of aliphatic carboxylic acids is 3. The minimum absolute atomic E-state index is 0.156. The molecule has 3 amide bonds. The van der Waals surface area contributed by atoms with Crippen LogP contribution in [-0.4, -0.2) is 86.6 Å². The molecule has 0 radical (unpaired) electrons. The average molecular weight is 483 g/mol. The van der Waals surface area contributed by atoms with Crippen molar-refractivity contribution in [1.82, 2.24) is 16.0 Å². The summed E-state index contributed by atoms with van der Waals surface area (Å²) in [4.78, 5) is 69.1. The zero-order valence-corrected chi connectivity index (χ0v) is 18.1. The lowest BCUT2D eigenvalue weighted by Crippen LogP contribution is -2.58. The van der Waals surface area contributed by atoms with Gasteiger partial charge in [-0.25, -0.2) is 4.79 Å². The Balaban J connectivity index is 4.97. The van der Waals surface area contributed by atoms with Crippen molar-refractivity contribution in [3.8, 4) is 0 Å². The number of carbonyl (C=O) groups is 6. The average Bonchev–Trinajstić information content (AvgIpc) is 2.70. The highest BCUT2D eigenvalue weighted by Gasteiger charge is 2.29. The van der Waals surface area contributed by atoms with Crippen LogP contribution in [0.4, 0.5) is 0 Å². The van der Waals surface area contributed by atoms with Gasteiger partial charge in [0.2, 0.25) is 17.7 Å². The Kier molecular flexibility index (Phi) is 13.3. The molecule has 0 saturated carbocycles. The van der Waals surface area contributed by atoms with Crippen molar-refractivity contribution < 1.29 is 44.1 Å². The fraction of sp³-hybridized carbons (Fsp3) is 0.625. The first-order valence-corrected chi connectivity index (χ1v) is 10.2. The molecule has 0 aromatic carbocycles. The van der Waals surface area contributed by atoms with Gasteiger partial charge in [0.1, 0.15) is 18.1 Å². The molecule has 0 fully saturated rings. The number of nitrogens with two attached hydrogens (primary N) is 1. The summed E-state index contributed by atoms with van der Waals surface area (Å²) in [5.41, 5.74) is 5.57. The van der Waals surface area contributed by atoms with Crippen LogP contribution in [0.2, 0.25) is 0 Å². The second kappa shape index (κ2) is 14.5. The third kappa shape index (κ3) is 11.4.